The van der Waals surface area contributed by atoms with E-state index in [0.29, 0.717) is 6.42 Å². The Balaban J connectivity index is 2.84. The van der Waals surface area contributed by atoms with E-state index in [1.165, 1.54) is 0 Å². The van der Waals surface area contributed by atoms with Gasteiger partial charge in [0.25, 0.3) is 0 Å². The van der Waals surface area contributed by atoms with Gasteiger partial charge in [0.15, 0.2) is 5.96 Å². The molecule has 12 nitrogen and oxygen atoms in total. The maximum atomic E-state index is 12.6. The molecule has 170 valence electrons. The number of carboxylic acids is 1. The number of benzene rings is 1. The molecule has 1 aromatic rings. The molecule has 0 spiro atoms. The zero-order chi connectivity index (χ0) is 23.4. The number of primary amides is 1. The molecule has 0 aromatic heterocycles. The number of hydrogen-bond acceptors (Lipinski definition) is 6. The molecule has 0 unspecified atom stereocenters. The van der Waals surface area contributed by atoms with Crippen molar-refractivity contribution in [1.82, 2.24) is 10.6 Å². The Kier molecular flexibility index (Phi) is 10.5. The SMILES string of the molecule is NC(=O)C[C@H](NC(=O)[C@H](CCCN=C(N)N)NC(=O)[C@@H](N)Cc1ccccc1)C(=O)O. The van der Waals surface area contributed by atoms with E-state index in [1.807, 2.05) is 30.3 Å². The van der Waals surface area contributed by atoms with Gasteiger partial charge in [-0.3, -0.25) is 19.4 Å². The second kappa shape index (κ2) is 12.8. The third-order valence-corrected chi connectivity index (χ3v) is 4.23. The average Bonchev–Trinajstić information content (AvgIpc) is 2.69. The van der Waals surface area contributed by atoms with Crippen LogP contribution < -0.4 is 33.6 Å². The smallest absolute Gasteiger partial charge is 0.326 e. The van der Waals surface area contributed by atoms with E-state index in [-0.39, 0.29) is 25.3 Å². The number of aliphatic carboxylic acids is 1. The molecule has 11 N–H and O–H groups in total. The van der Waals surface area contributed by atoms with Crippen LogP contribution in [0, 0.1) is 0 Å². The number of amides is 3. The van der Waals surface area contributed by atoms with Crippen molar-refractivity contribution in [3.05, 3.63) is 35.9 Å². The highest BCUT2D eigenvalue weighted by Crippen LogP contribution is 2.05. The molecule has 31 heavy (non-hydrogen) atoms. The van der Waals surface area contributed by atoms with Crippen molar-refractivity contribution in [2.24, 2.45) is 27.9 Å². The Hall–Kier alpha value is -3.67. The Bertz CT molecular complexity index is 796. The normalized spacial score (nSPS) is 13.3. The van der Waals surface area contributed by atoms with Crippen molar-refractivity contribution < 1.29 is 24.3 Å². The summed E-state index contributed by atoms with van der Waals surface area (Å²) in [5, 5.41) is 13.9. The highest BCUT2D eigenvalue weighted by atomic mass is 16.4. The molecule has 12 heteroatoms. The van der Waals surface area contributed by atoms with Crippen LogP contribution in [0.5, 0.6) is 0 Å². The van der Waals surface area contributed by atoms with Gasteiger partial charge < -0.3 is 38.7 Å². The summed E-state index contributed by atoms with van der Waals surface area (Å²) in [5.74, 6) is -3.84. The predicted molar refractivity (Wildman–Crippen MR) is 113 cm³/mol. The maximum absolute atomic E-state index is 12.6. The fourth-order valence-corrected chi connectivity index (χ4v) is 2.69. The number of nitrogens with two attached hydrogens (primary N) is 4. The van der Waals surface area contributed by atoms with Gasteiger partial charge in [-0.25, -0.2) is 4.79 Å². The fourth-order valence-electron chi connectivity index (χ4n) is 2.69. The number of aliphatic imine (C=N–C) groups is 1. The summed E-state index contributed by atoms with van der Waals surface area (Å²) >= 11 is 0. The first kappa shape index (κ1) is 25.4. The first-order valence-corrected chi connectivity index (χ1v) is 9.57. The van der Waals surface area contributed by atoms with E-state index < -0.39 is 48.2 Å². The van der Waals surface area contributed by atoms with Gasteiger partial charge in [-0.05, 0) is 24.8 Å². The molecule has 0 aliphatic rings. The van der Waals surface area contributed by atoms with E-state index >= 15 is 0 Å². The largest absolute Gasteiger partial charge is 0.480 e. The van der Waals surface area contributed by atoms with Gasteiger partial charge in [0.05, 0.1) is 12.5 Å². The third kappa shape index (κ3) is 10.1. The van der Waals surface area contributed by atoms with Crippen LogP contribution >= 0.6 is 0 Å². The number of carbonyl (C=O) groups is 4. The molecule has 0 radical (unpaired) electrons. The zero-order valence-electron chi connectivity index (χ0n) is 17.0. The molecule has 1 aromatic carbocycles. The number of nitrogens with one attached hydrogen (secondary N) is 2. The minimum absolute atomic E-state index is 0.106. The van der Waals surface area contributed by atoms with Crippen LogP contribution in [-0.2, 0) is 25.6 Å². The van der Waals surface area contributed by atoms with Crippen molar-refractivity contribution in [3.8, 4) is 0 Å². The lowest BCUT2D eigenvalue weighted by Crippen LogP contribution is -2.55. The van der Waals surface area contributed by atoms with Crippen LogP contribution in [0.15, 0.2) is 35.3 Å². The van der Waals surface area contributed by atoms with Crippen molar-refractivity contribution in [3.63, 3.8) is 0 Å². The van der Waals surface area contributed by atoms with Crippen LogP contribution in [0.2, 0.25) is 0 Å². The molecular weight excluding hydrogens is 406 g/mol. The third-order valence-electron chi connectivity index (χ3n) is 4.23. The fraction of sp³-hybridized carbons (Fsp3) is 0.421. The first-order valence-electron chi connectivity index (χ1n) is 9.57. The van der Waals surface area contributed by atoms with Gasteiger partial charge >= 0.3 is 5.97 Å². The van der Waals surface area contributed by atoms with Gasteiger partial charge in [-0.2, -0.15) is 0 Å². The summed E-state index contributed by atoms with van der Waals surface area (Å²) in [7, 11) is 0. The van der Waals surface area contributed by atoms with E-state index in [1.54, 1.807) is 0 Å². The lowest BCUT2D eigenvalue weighted by atomic mass is 10.0. The number of nitrogens with zero attached hydrogens (tertiary/aromatic N) is 1. The number of rotatable bonds is 13. The summed E-state index contributed by atoms with van der Waals surface area (Å²) in [6.45, 7) is 0.196. The van der Waals surface area contributed by atoms with E-state index in [2.05, 4.69) is 15.6 Å². The molecule has 3 amide bonds. The molecule has 0 aliphatic carbocycles. The van der Waals surface area contributed by atoms with Gasteiger partial charge in [-0.15, -0.1) is 0 Å². The van der Waals surface area contributed by atoms with Crippen molar-refractivity contribution >= 4 is 29.7 Å². The first-order chi connectivity index (χ1) is 14.6. The summed E-state index contributed by atoms with van der Waals surface area (Å²) < 4.78 is 0. The number of guanidine groups is 1. The molecule has 0 heterocycles. The molecule has 0 fully saturated rings. The number of carbonyl (C=O) groups excluding carboxylic acids is 3. The quantitative estimate of drug-likeness (QED) is 0.0995. The maximum Gasteiger partial charge on any atom is 0.326 e. The molecule has 0 aliphatic heterocycles. The monoisotopic (exact) mass is 435 g/mol. The van der Waals surface area contributed by atoms with Crippen LogP contribution in [-0.4, -0.2) is 59.4 Å². The summed E-state index contributed by atoms with van der Waals surface area (Å²) in [5.41, 5.74) is 22.3. The minimum atomic E-state index is -1.53. The van der Waals surface area contributed by atoms with E-state index in [0.717, 1.165) is 5.56 Å². The van der Waals surface area contributed by atoms with Gasteiger partial charge in [0, 0.05) is 6.54 Å². The zero-order valence-corrected chi connectivity index (χ0v) is 17.0. The molecule has 0 saturated carbocycles. The van der Waals surface area contributed by atoms with Crippen molar-refractivity contribution in [2.75, 3.05) is 6.54 Å². The van der Waals surface area contributed by atoms with Crippen LogP contribution in [0.3, 0.4) is 0 Å². The lowest BCUT2D eigenvalue weighted by Gasteiger charge is -2.22. The Labute approximate surface area is 179 Å². The van der Waals surface area contributed by atoms with Crippen molar-refractivity contribution in [2.45, 2.75) is 43.8 Å². The van der Waals surface area contributed by atoms with E-state index in [9.17, 15) is 24.3 Å². The Morgan fingerprint density at radius 2 is 1.58 bits per heavy atom. The second-order valence-electron chi connectivity index (χ2n) is 6.88. The predicted octanol–water partition coefficient (Wildman–Crippen LogP) is -2.46. The average molecular weight is 435 g/mol. The highest BCUT2D eigenvalue weighted by molar-refractivity contribution is 5.93. The standard InChI is InChI=1S/C19H29N7O5/c20-12(9-11-5-2-1-3-6-11)16(28)25-13(7-4-8-24-19(22)23)17(29)26-14(18(30)31)10-15(21)27/h1-3,5-6,12-14H,4,7-10,20H2,(H2,21,27)(H,25,28)(H,26,29)(H,30,31)(H4,22,23,24)/t12-,13-,14-/m0/s1. The molecular formula is C19H29N7O5. The topological polar surface area (TPSA) is 229 Å². The Morgan fingerprint density at radius 3 is 2.13 bits per heavy atom. The van der Waals surface area contributed by atoms with E-state index in [4.69, 9.17) is 22.9 Å². The van der Waals surface area contributed by atoms with Crippen molar-refractivity contribution in [1.29, 1.82) is 0 Å². The minimum Gasteiger partial charge on any atom is -0.480 e. The summed E-state index contributed by atoms with van der Waals surface area (Å²) in [6.07, 6.45) is 0.0742. The van der Waals surface area contributed by atoms with Crippen LogP contribution in [0.1, 0.15) is 24.8 Å². The summed E-state index contributed by atoms with van der Waals surface area (Å²) in [4.78, 5) is 51.3. The summed E-state index contributed by atoms with van der Waals surface area (Å²) in [6, 6.07) is 5.50. The number of carboxylic acid groups (broad SMARTS) is 1. The Morgan fingerprint density at radius 1 is 0.968 bits per heavy atom. The second-order valence-corrected chi connectivity index (χ2v) is 6.88. The molecule has 0 bridgehead atoms. The van der Waals surface area contributed by atoms with Crippen LogP contribution in [0.25, 0.3) is 0 Å². The molecule has 0 saturated heterocycles. The van der Waals surface area contributed by atoms with Gasteiger partial charge in [0.2, 0.25) is 17.7 Å². The highest BCUT2D eigenvalue weighted by Gasteiger charge is 2.28. The lowest BCUT2D eigenvalue weighted by molar-refractivity contribution is -0.143. The van der Waals surface area contributed by atoms with Gasteiger partial charge in [0.1, 0.15) is 12.1 Å². The van der Waals surface area contributed by atoms with Gasteiger partial charge in [-0.1, -0.05) is 30.3 Å². The molecule has 1 rings (SSSR count). The molecule has 3 atom stereocenters. The number of hydrogen-bond donors (Lipinski definition) is 7. The van der Waals surface area contributed by atoms with Crippen LogP contribution in [0.4, 0.5) is 0 Å².